The van der Waals surface area contributed by atoms with Crippen molar-refractivity contribution in [3.8, 4) is 27.5 Å². The average molecular weight is 613 g/mol. The molecule has 1 amide bonds. The summed E-state index contributed by atoms with van der Waals surface area (Å²) in [6.07, 6.45) is -3.53. The van der Waals surface area contributed by atoms with Crippen molar-refractivity contribution in [1.82, 2.24) is 19.8 Å². The van der Waals surface area contributed by atoms with Gasteiger partial charge in [0.15, 0.2) is 0 Å². The number of nitrogens with zero attached hydrogens (tertiary/aromatic N) is 3. The molecule has 1 fully saturated rings. The Bertz CT molecular complexity index is 1690. The van der Waals surface area contributed by atoms with Crippen LogP contribution in [0, 0.1) is 11.7 Å². The molecule has 0 aliphatic carbocycles. The molecule has 2 aromatic heterocycles. The first-order valence-corrected chi connectivity index (χ1v) is 15.1. The van der Waals surface area contributed by atoms with Crippen LogP contribution in [0.3, 0.4) is 0 Å². The lowest BCUT2D eigenvalue weighted by atomic mass is 9.98. The summed E-state index contributed by atoms with van der Waals surface area (Å²) >= 11 is 1.16. The van der Waals surface area contributed by atoms with Gasteiger partial charge in [0.25, 0.3) is 11.5 Å². The number of hydrogen-bond donors (Lipinski definition) is 1. The van der Waals surface area contributed by atoms with Gasteiger partial charge in [-0.3, -0.25) is 14.2 Å². The molecular formula is C32H32F4N4O2S. The quantitative estimate of drug-likeness (QED) is 0.239. The molecule has 0 atom stereocenters. The minimum atomic E-state index is -4.46. The summed E-state index contributed by atoms with van der Waals surface area (Å²) < 4.78 is 55.4. The van der Waals surface area contributed by atoms with Crippen molar-refractivity contribution in [3.05, 3.63) is 92.5 Å². The van der Waals surface area contributed by atoms with Crippen LogP contribution in [0.1, 0.15) is 48.0 Å². The average Bonchev–Trinajstić information content (AvgIpc) is 3.47. The number of carbonyl (C=O) groups is 1. The van der Waals surface area contributed by atoms with Crippen molar-refractivity contribution in [2.45, 2.75) is 39.8 Å². The first-order valence-electron chi connectivity index (χ1n) is 14.2. The highest BCUT2D eigenvalue weighted by atomic mass is 32.1. The third kappa shape index (κ3) is 6.42. The number of halogens is 4. The summed E-state index contributed by atoms with van der Waals surface area (Å²) in [4.78, 5) is 34.8. The van der Waals surface area contributed by atoms with Gasteiger partial charge in [0.1, 0.15) is 10.8 Å². The van der Waals surface area contributed by atoms with Gasteiger partial charge >= 0.3 is 6.18 Å². The fourth-order valence-electron chi connectivity index (χ4n) is 5.28. The molecule has 1 aliphatic heterocycles. The molecule has 3 heterocycles. The molecule has 11 heteroatoms. The van der Waals surface area contributed by atoms with Gasteiger partial charge in [0.2, 0.25) is 0 Å². The maximum absolute atomic E-state index is 14.7. The zero-order chi connectivity index (χ0) is 30.9. The fourth-order valence-corrected chi connectivity index (χ4v) is 6.11. The lowest BCUT2D eigenvalue weighted by Gasteiger charge is -2.29. The lowest BCUT2D eigenvalue weighted by molar-refractivity contribution is -0.137. The maximum atomic E-state index is 14.7. The topological polar surface area (TPSA) is 67.2 Å². The van der Waals surface area contributed by atoms with E-state index in [9.17, 15) is 27.2 Å². The van der Waals surface area contributed by atoms with Gasteiger partial charge in [0.05, 0.1) is 28.1 Å². The van der Waals surface area contributed by atoms with Crippen molar-refractivity contribution in [1.29, 1.82) is 0 Å². The van der Waals surface area contributed by atoms with E-state index in [-0.39, 0.29) is 17.4 Å². The molecule has 4 aromatic rings. The number of pyridine rings is 1. The van der Waals surface area contributed by atoms with E-state index in [1.165, 1.54) is 28.8 Å². The molecule has 1 N–H and O–H groups in total. The van der Waals surface area contributed by atoms with E-state index in [1.807, 2.05) is 20.8 Å². The van der Waals surface area contributed by atoms with E-state index in [0.29, 0.717) is 72.2 Å². The summed E-state index contributed by atoms with van der Waals surface area (Å²) in [5.74, 6) is -0.647. The van der Waals surface area contributed by atoms with E-state index in [1.54, 1.807) is 22.4 Å². The number of benzene rings is 2. The normalized spacial score (nSPS) is 14.0. The van der Waals surface area contributed by atoms with Crippen LogP contribution in [0.2, 0.25) is 0 Å². The van der Waals surface area contributed by atoms with E-state index < -0.39 is 23.1 Å². The van der Waals surface area contributed by atoms with Crippen LogP contribution in [0.25, 0.3) is 27.5 Å². The van der Waals surface area contributed by atoms with Gasteiger partial charge in [0, 0.05) is 42.8 Å². The molecule has 226 valence electrons. The van der Waals surface area contributed by atoms with Crippen molar-refractivity contribution >= 4 is 17.2 Å². The Morgan fingerprint density at radius 3 is 2.40 bits per heavy atom. The summed E-state index contributed by atoms with van der Waals surface area (Å²) in [5, 5.41) is 5.22. The predicted molar refractivity (Wildman–Crippen MR) is 160 cm³/mol. The van der Waals surface area contributed by atoms with Crippen LogP contribution in [0.15, 0.2) is 58.7 Å². The molecule has 0 saturated carbocycles. The Morgan fingerprint density at radius 2 is 1.77 bits per heavy atom. The Hall–Kier alpha value is -3.83. The molecule has 0 bridgehead atoms. The highest BCUT2D eigenvalue weighted by Crippen LogP contribution is 2.33. The van der Waals surface area contributed by atoms with Gasteiger partial charge in [-0.25, -0.2) is 9.37 Å². The number of hydrogen-bond acceptors (Lipinski definition) is 5. The van der Waals surface area contributed by atoms with Crippen LogP contribution < -0.4 is 10.9 Å². The predicted octanol–water partition coefficient (Wildman–Crippen LogP) is 6.59. The van der Waals surface area contributed by atoms with Gasteiger partial charge in [-0.15, -0.1) is 11.3 Å². The fraction of sp³-hybridized carbons (Fsp3) is 0.344. The SMILES string of the molecule is CCc1ccc(F)cc1-n1c(CC(C)C)c(C(=O)N2CCNCC2)cc(-c2nc(-c3ccc(C(F)(F)F)cc3)cs2)c1=O. The Balaban J connectivity index is 1.73. The number of thiazole rings is 1. The lowest BCUT2D eigenvalue weighted by Crippen LogP contribution is -2.47. The second kappa shape index (κ2) is 12.4. The van der Waals surface area contributed by atoms with Crippen molar-refractivity contribution in [3.63, 3.8) is 0 Å². The number of amides is 1. The minimum absolute atomic E-state index is 0.0795. The smallest absolute Gasteiger partial charge is 0.336 e. The number of aryl methyl sites for hydroxylation is 1. The summed E-state index contributed by atoms with van der Waals surface area (Å²) in [7, 11) is 0. The number of carbonyl (C=O) groups excluding carboxylic acids is 1. The number of rotatable bonds is 7. The van der Waals surface area contributed by atoms with Crippen molar-refractivity contribution < 1.29 is 22.4 Å². The van der Waals surface area contributed by atoms with E-state index >= 15 is 0 Å². The molecule has 1 saturated heterocycles. The summed E-state index contributed by atoms with van der Waals surface area (Å²) in [6.45, 7) is 8.19. The van der Waals surface area contributed by atoms with Crippen LogP contribution in [0.4, 0.5) is 17.6 Å². The van der Waals surface area contributed by atoms with Crippen molar-refractivity contribution in [2.75, 3.05) is 26.2 Å². The van der Waals surface area contributed by atoms with Crippen LogP contribution in [0.5, 0.6) is 0 Å². The van der Waals surface area contributed by atoms with E-state index in [2.05, 4.69) is 10.3 Å². The van der Waals surface area contributed by atoms with Crippen LogP contribution in [-0.2, 0) is 19.0 Å². The standard InChI is InChI=1S/C32H32F4N4O2S/c1-4-20-7-10-23(33)16-27(20)40-28(15-19(2)3)24(30(41)39-13-11-37-12-14-39)17-25(31(40)42)29-38-26(18-43-29)21-5-8-22(9-6-21)32(34,35)36/h5-10,16-19,37H,4,11-15H2,1-3H3. The van der Waals surface area contributed by atoms with Crippen LogP contribution in [-0.4, -0.2) is 46.5 Å². The molecular weight excluding hydrogens is 580 g/mol. The molecule has 6 nitrogen and oxygen atoms in total. The number of nitrogens with one attached hydrogen (secondary N) is 1. The van der Waals surface area contributed by atoms with Crippen molar-refractivity contribution in [2.24, 2.45) is 5.92 Å². The molecule has 2 aromatic carbocycles. The van der Waals surface area contributed by atoms with Gasteiger partial charge < -0.3 is 10.2 Å². The van der Waals surface area contributed by atoms with Gasteiger partial charge in [-0.05, 0) is 54.7 Å². The minimum Gasteiger partial charge on any atom is -0.336 e. The Labute approximate surface area is 251 Å². The molecule has 0 spiro atoms. The third-order valence-corrected chi connectivity index (χ3v) is 8.33. The summed E-state index contributed by atoms with van der Waals surface area (Å²) in [6, 6.07) is 10.6. The number of aromatic nitrogens is 2. The second-order valence-corrected chi connectivity index (χ2v) is 11.8. The second-order valence-electron chi connectivity index (χ2n) is 10.9. The number of alkyl halides is 3. The Kier molecular flexibility index (Phi) is 8.84. The third-order valence-electron chi connectivity index (χ3n) is 7.45. The zero-order valence-electron chi connectivity index (χ0n) is 24.1. The molecule has 43 heavy (non-hydrogen) atoms. The van der Waals surface area contributed by atoms with E-state index in [4.69, 9.17) is 0 Å². The Morgan fingerprint density at radius 1 is 1.07 bits per heavy atom. The first-order chi connectivity index (χ1) is 20.5. The highest BCUT2D eigenvalue weighted by molar-refractivity contribution is 7.13. The zero-order valence-corrected chi connectivity index (χ0v) is 24.9. The maximum Gasteiger partial charge on any atom is 0.416 e. The molecule has 1 aliphatic rings. The van der Waals surface area contributed by atoms with Crippen LogP contribution >= 0.6 is 11.3 Å². The van der Waals surface area contributed by atoms with Gasteiger partial charge in [-0.1, -0.05) is 39.0 Å². The number of piperazine rings is 1. The molecule has 0 radical (unpaired) electrons. The first kappa shape index (κ1) is 30.6. The highest BCUT2D eigenvalue weighted by Gasteiger charge is 2.31. The summed E-state index contributed by atoms with van der Waals surface area (Å²) in [5.41, 5.74) is 1.79. The van der Waals surface area contributed by atoms with E-state index in [0.717, 1.165) is 29.0 Å². The van der Waals surface area contributed by atoms with Gasteiger partial charge in [-0.2, -0.15) is 13.2 Å². The largest absolute Gasteiger partial charge is 0.416 e. The monoisotopic (exact) mass is 612 g/mol. The molecule has 0 unspecified atom stereocenters. The molecule has 5 rings (SSSR count).